The number of benzene rings is 2. The highest BCUT2D eigenvalue weighted by atomic mass is 79.9. The van der Waals surface area contributed by atoms with Crippen molar-refractivity contribution in [1.29, 1.82) is 0 Å². The van der Waals surface area contributed by atoms with Gasteiger partial charge in [0.05, 0.1) is 5.69 Å². The summed E-state index contributed by atoms with van der Waals surface area (Å²) in [6, 6.07) is 11.9. The minimum Gasteiger partial charge on any atom is -0.398 e. The molecule has 0 saturated heterocycles. The lowest BCUT2D eigenvalue weighted by Crippen LogP contribution is -1.95. The van der Waals surface area contributed by atoms with Gasteiger partial charge in [-0.25, -0.2) is 0 Å². The molecule has 0 amide bonds. The van der Waals surface area contributed by atoms with Crippen LogP contribution in [0.4, 0.5) is 17.1 Å². The van der Waals surface area contributed by atoms with E-state index in [1.807, 2.05) is 43.3 Å². The second kappa shape index (κ2) is 5.10. The lowest BCUT2D eigenvalue weighted by Gasteiger charge is -2.12. The maximum Gasteiger partial charge on any atom is 0.0673 e. The summed E-state index contributed by atoms with van der Waals surface area (Å²) in [5.41, 5.74) is 9.73. The van der Waals surface area contributed by atoms with Gasteiger partial charge >= 0.3 is 0 Å². The Labute approximate surface area is 117 Å². The van der Waals surface area contributed by atoms with Crippen molar-refractivity contribution in [2.45, 2.75) is 6.92 Å². The Bertz CT molecular complexity index is 533. The molecular formula is C13H12Br2N2. The topological polar surface area (TPSA) is 38.0 Å². The van der Waals surface area contributed by atoms with Crippen LogP contribution in [0.2, 0.25) is 0 Å². The Morgan fingerprint density at radius 3 is 2.29 bits per heavy atom. The standard InChI is InChI=1S/C13H12Br2N2/c1-8-5-6-9(7-12(8)16)17-13-10(14)3-2-4-11(13)15/h2-7,17H,16H2,1H3. The molecule has 4 heteroatoms. The second-order valence-corrected chi connectivity index (χ2v) is 5.50. The van der Waals surface area contributed by atoms with E-state index >= 15 is 0 Å². The quantitative estimate of drug-likeness (QED) is 0.756. The molecule has 0 saturated carbocycles. The van der Waals surface area contributed by atoms with Crippen LogP contribution in [-0.2, 0) is 0 Å². The van der Waals surface area contributed by atoms with Crippen molar-refractivity contribution >= 4 is 48.9 Å². The van der Waals surface area contributed by atoms with Crippen molar-refractivity contribution in [3.05, 3.63) is 50.9 Å². The Hall–Kier alpha value is -1.00. The van der Waals surface area contributed by atoms with Crippen molar-refractivity contribution in [2.75, 3.05) is 11.1 Å². The van der Waals surface area contributed by atoms with E-state index in [0.29, 0.717) is 0 Å². The van der Waals surface area contributed by atoms with Crippen LogP contribution >= 0.6 is 31.9 Å². The third-order valence-corrected chi connectivity index (χ3v) is 3.83. The molecule has 0 unspecified atom stereocenters. The van der Waals surface area contributed by atoms with Crippen LogP contribution in [0.1, 0.15) is 5.56 Å². The summed E-state index contributed by atoms with van der Waals surface area (Å²) in [4.78, 5) is 0. The van der Waals surface area contributed by atoms with Gasteiger partial charge in [-0.3, -0.25) is 0 Å². The maximum atomic E-state index is 5.89. The average molecular weight is 356 g/mol. The van der Waals surface area contributed by atoms with Gasteiger partial charge in [0.1, 0.15) is 0 Å². The van der Waals surface area contributed by atoms with Crippen molar-refractivity contribution in [3.8, 4) is 0 Å². The Morgan fingerprint density at radius 1 is 1.06 bits per heavy atom. The van der Waals surface area contributed by atoms with Crippen LogP contribution < -0.4 is 11.1 Å². The van der Waals surface area contributed by atoms with Gasteiger partial charge in [-0.15, -0.1) is 0 Å². The van der Waals surface area contributed by atoms with Gasteiger partial charge in [-0.2, -0.15) is 0 Å². The van der Waals surface area contributed by atoms with Gasteiger partial charge in [0.25, 0.3) is 0 Å². The minimum absolute atomic E-state index is 0.790. The van der Waals surface area contributed by atoms with E-state index in [9.17, 15) is 0 Å². The first-order valence-electron chi connectivity index (χ1n) is 5.15. The molecular weight excluding hydrogens is 344 g/mol. The predicted octanol–water partition coefficient (Wildman–Crippen LogP) is 4.85. The molecule has 0 heterocycles. The molecule has 3 N–H and O–H groups in total. The number of nitrogens with two attached hydrogens (primary N) is 1. The number of hydrogen-bond donors (Lipinski definition) is 2. The molecule has 0 aliphatic heterocycles. The summed E-state index contributed by atoms with van der Waals surface area (Å²) in [5.74, 6) is 0. The first-order chi connectivity index (χ1) is 8.08. The lowest BCUT2D eigenvalue weighted by molar-refractivity contribution is 1.44. The summed E-state index contributed by atoms with van der Waals surface area (Å²) < 4.78 is 2.01. The Balaban J connectivity index is 2.35. The number of rotatable bonds is 2. The first-order valence-corrected chi connectivity index (χ1v) is 6.73. The van der Waals surface area contributed by atoms with E-state index in [0.717, 1.165) is 31.6 Å². The fourth-order valence-corrected chi connectivity index (χ4v) is 2.68. The number of anilines is 3. The number of aryl methyl sites for hydroxylation is 1. The fraction of sp³-hybridized carbons (Fsp3) is 0.0769. The zero-order valence-electron chi connectivity index (χ0n) is 9.30. The largest absolute Gasteiger partial charge is 0.398 e. The van der Waals surface area contributed by atoms with E-state index < -0.39 is 0 Å². The summed E-state index contributed by atoms with van der Waals surface area (Å²) in [6.45, 7) is 1.99. The third-order valence-electron chi connectivity index (χ3n) is 2.51. The molecule has 0 aromatic heterocycles. The van der Waals surface area contributed by atoms with E-state index in [4.69, 9.17) is 5.73 Å². The van der Waals surface area contributed by atoms with E-state index in [1.54, 1.807) is 0 Å². The summed E-state index contributed by atoms with van der Waals surface area (Å²) in [6.07, 6.45) is 0. The molecule has 2 aromatic rings. The van der Waals surface area contributed by atoms with Gasteiger partial charge in [0, 0.05) is 20.3 Å². The van der Waals surface area contributed by atoms with E-state index in [2.05, 4.69) is 37.2 Å². The predicted molar refractivity (Wildman–Crippen MR) is 80.7 cm³/mol. The highest BCUT2D eigenvalue weighted by Gasteiger charge is 2.05. The average Bonchev–Trinajstić information content (AvgIpc) is 2.28. The summed E-state index contributed by atoms with van der Waals surface area (Å²) in [7, 11) is 0. The SMILES string of the molecule is Cc1ccc(Nc2c(Br)cccc2Br)cc1N. The van der Waals surface area contributed by atoms with Crippen LogP contribution in [0.15, 0.2) is 45.3 Å². The van der Waals surface area contributed by atoms with E-state index in [1.165, 1.54) is 0 Å². The Kier molecular flexibility index (Phi) is 3.74. The van der Waals surface area contributed by atoms with Gasteiger partial charge < -0.3 is 11.1 Å². The highest BCUT2D eigenvalue weighted by molar-refractivity contribution is 9.11. The smallest absolute Gasteiger partial charge is 0.0673 e. The van der Waals surface area contributed by atoms with Crippen molar-refractivity contribution in [1.82, 2.24) is 0 Å². The molecule has 0 radical (unpaired) electrons. The van der Waals surface area contributed by atoms with Crippen molar-refractivity contribution in [3.63, 3.8) is 0 Å². The van der Waals surface area contributed by atoms with Crippen LogP contribution in [0, 0.1) is 6.92 Å². The van der Waals surface area contributed by atoms with Gasteiger partial charge in [-0.1, -0.05) is 12.1 Å². The molecule has 2 rings (SSSR count). The number of nitrogen functional groups attached to an aromatic ring is 1. The van der Waals surface area contributed by atoms with Gasteiger partial charge in [0.2, 0.25) is 0 Å². The lowest BCUT2D eigenvalue weighted by atomic mass is 10.2. The maximum absolute atomic E-state index is 5.89. The molecule has 0 atom stereocenters. The van der Waals surface area contributed by atoms with Crippen LogP contribution in [-0.4, -0.2) is 0 Å². The number of halogens is 2. The molecule has 0 aliphatic rings. The molecule has 0 fully saturated rings. The third kappa shape index (κ3) is 2.82. The molecule has 0 aliphatic carbocycles. The van der Waals surface area contributed by atoms with Crippen molar-refractivity contribution in [2.24, 2.45) is 0 Å². The van der Waals surface area contributed by atoms with Crippen LogP contribution in [0.25, 0.3) is 0 Å². The molecule has 2 nitrogen and oxygen atoms in total. The molecule has 0 bridgehead atoms. The highest BCUT2D eigenvalue weighted by Crippen LogP contribution is 2.33. The minimum atomic E-state index is 0.790. The van der Waals surface area contributed by atoms with Gasteiger partial charge in [0.15, 0.2) is 0 Å². The first kappa shape index (κ1) is 12.5. The molecule has 17 heavy (non-hydrogen) atoms. The summed E-state index contributed by atoms with van der Waals surface area (Å²) >= 11 is 7.03. The molecule has 88 valence electrons. The second-order valence-electron chi connectivity index (χ2n) is 3.79. The van der Waals surface area contributed by atoms with Crippen LogP contribution in [0.5, 0.6) is 0 Å². The normalized spacial score (nSPS) is 10.3. The molecule has 2 aromatic carbocycles. The van der Waals surface area contributed by atoms with Crippen molar-refractivity contribution < 1.29 is 0 Å². The zero-order valence-corrected chi connectivity index (χ0v) is 12.5. The number of nitrogens with one attached hydrogen (secondary N) is 1. The van der Waals surface area contributed by atoms with Gasteiger partial charge in [-0.05, 0) is 68.6 Å². The zero-order chi connectivity index (χ0) is 12.4. The van der Waals surface area contributed by atoms with E-state index in [-0.39, 0.29) is 0 Å². The summed E-state index contributed by atoms with van der Waals surface area (Å²) in [5, 5.41) is 3.33. The fourth-order valence-electron chi connectivity index (χ4n) is 1.48. The number of hydrogen-bond acceptors (Lipinski definition) is 2. The monoisotopic (exact) mass is 354 g/mol. The van der Waals surface area contributed by atoms with Crippen LogP contribution in [0.3, 0.4) is 0 Å². The molecule has 0 spiro atoms. The Morgan fingerprint density at radius 2 is 1.71 bits per heavy atom. The number of para-hydroxylation sites is 1.